The quantitative estimate of drug-likeness (QED) is 0.722. The number of anilines is 1. The van der Waals surface area contributed by atoms with Gasteiger partial charge in [0.15, 0.2) is 6.10 Å². The van der Waals surface area contributed by atoms with Crippen molar-refractivity contribution in [3.8, 4) is 0 Å². The molecule has 0 radical (unpaired) electrons. The van der Waals surface area contributed by atoms with Crippen LogP contribution in [-0.4, -0.2) is 18.0 Å². The number of alkyl halides is 3. The average Bonchev–Trinajstić information content (AvgIpc) is 2.54. The van der Waals surface area contributed by atoms with Gasteiger partial charge in [0.1, 0.15) is 0 Å². The van der Waals surface area contributed by atoms with Gasteiger partial charge in [-0.2, -0.15) is 13.2 Å². The van der Waals surface area contributed by atoms with Gasteiger partial charge in [-0.05, 0) is 51.1 Å². The number of ether oxygens (including phenoxy) is 1. The highest BCUT2D eigenvalue weighted by Gasteiger charge is 2.31. The van der Waals surface area contributed by atoms with Crippen LogP contribution in [0.25, 0.3) is 0 Å². The molecular weight excluding hydrogens is 383 g/mol. The number of halogens is 4. The third kappa shape index (κ3) is 5.47. The molecule has 2 rings (SSSR count). The Morgan fingerprint density at radius 1 is 1.07 bits per heavy atom. The first-order valence-electron chi connectivity index (χ1n) is 7.94. The molecule has 27 heavy (non-hydrogen) atoms. The fraction of sp³-hybridized carbons (Fsp3) is 0.263. The van der Waals surface area contributed by atoms with Gasteiger partial charge in [-0.3, -0.25) is 4.79 Å². The van der Waals surface area contributed by atoms with Crippen LogP contribution < -0.4 is 5.32 Å². The predicted octanol–water partition coefficient (Wildman–Crippen LogP) is 5.16. The molecule has 0 saturated carbocycles. The van der Waals surface area contributed by atoms with Crippen LogP contribution in [0.1, 0.15) is 34.0 Å². The Bertz CT molecular complexity index is 861. The maximum absolute atomic E-state index is 12.8. The van der Waals surface area contributed by atoms with Crippen LogP contribution in [0.4, 0.5) is 18.9 Å². The summed E-state index contributed by atoms with van der Waals surface area (Å²) in [6, 6.07) is 7.67. The minimum absolute atomic E-state index is 0.0656. The lowest BCUT2D eigenvalue weighted by Gasteiger charge is -2.16. The number of nitrogens with one attached hydrogen (secondary N) is 1. The molecule has 0 aliphatic carbocycles. The van der Waals surface area contributed by atoms with Crippen LogP contribution in [0.5, 0.6) is 0 Å². The smallest absolute Gasteiger partial charge is 0.416 e. The first kappa shape index (κ1) is 20.8. The fourth-order valence-corrected chi connectivity index (χ4v) is 2.57. The Labute approximate surface area is 159 Å². The number of hydrogen-bond acceptors (Lipinski definition) is 3. The molecule has 144 valence electrons. The Morgan fingerprint density at radius 3 is 2.22 bits per heavy atom. The fourth-order valence-electron chi connectivity index (χ4n) is 2.41. The molecule has 1 N–H and O–H groups in total. The van der Waals surface area contributed by atoms with Gasteiger partial charge in [-0.1, -0.05) is 28.8 Å². The highest BCUT2D eigenvalue weighted by atomic mass is 35.5. The lowest BCUT2D eigenvalue weighted by atomic mass is 10.1. The lowest BCUT2D eigenvalue weighted by molar-refractivity contribution is -0.137. The van der Waals surface area contributed by atoms with Crippen LogP contribution in [0.2, 0.25) is 5.02 Å². The van der Waals surface area contributed by atoms with Crippen molar-refractivity contribution in [3.05, 3.63) is 63.7 Å². The van der Waals surface area contributed by atoms with Gasteiger partial charge in [0.2, 0.25) is 0 Å². The average molecular weight is 400 g/mol. The minimum atomic E-state index is -4.58. The predicted molar refractivity (Wildman–Crippen MR) is 95.9 cm³/mol. The van der Waals surface area contributed by atoms with E-state index in [0.29, 0.717) is 0 Å². The standard InChI is InChI=1S/C19H17ClF3NO3/c1-10-6-11(2)8-13(7-10)18(26)27-12(3)17(25)24-16-9-14(19(21,22)23)4-5-15(16)20/h4-9,12H,1-3H3,(H,24,25)/t12-/m1/s1. The second-order valence-electron chi connectivity index (χ2n) is 6.11. The first-order valence-corrected chi connectivity index (χ1v) is 8.32. The van der Waals surface area contributed by atoms with E-state index in [4.69, 9.17) is 16.3 Å². The van der Waals surface area contributed by atoms with E-state index in [1.54, 1.807) is 12.1 Å². The lowest BCUT2D eigenvalue weighted by Crippen LogP contribution is -2.30. The largest absolute Gasteiger partial charge is 0.449 e. The van der Waals surface area contributed by atoms with Crippen molar-refractivity contribution in [2.45, 2.75) is 33.1 Å². The summed E-state index contributed by atoms with van der Waals surface area (Å²) in [6.07, 6.45) is -5.81. The summed E-state index contributed by atoms with van der Waals surface area (Å²) >= 11 is 5.84. The molecule has 1 amide bonds. The first-order chi connectivity index (χ1) is 12.5. The normalized spacial score (nSPS) is 12.4. The second-order valence-corrected chi connectivity index (χ2v) is 6.51. The molecule has 2 aromatic carbocycles. The molecule has 0 heterocycles. The molecule has 2 aromatic rings. The number of amides is 1. The van der Waals surface area contributed by atoms with E-state index < -0.39 is 29.7 Å². The molecule has 8 heteroatoms. The number of carbonyl (C=O) groups excluding carboxylic acids is 2. The van der Waals surface area contributed by atoms with Crippen LogP contribution in [0.3, 0.4) is 0 Å². The van der Waals surface area contributed by atoms with Crippen LogP contribution in [-0.2, 0) is 15.7 Å². The molecule has 1 atom stereocenters. The molecule has 0 aliphatic heterocycles. The Morgan fingerprint density at radius 2 is 1.67 bits per heavy atom. The summed E-state index contributed by atoms with van der Waals surface area (Å²) < 4.78 is 43.5. The Balaban J connectivity index is 2.11. The summed E-state index contributed by atoms with van der Waals surface area (Å²) in [5.41, 5.74) is 0.821. The number of carbonyl (C=O) groups is 2. The maximum Gasteiger partial charge on any atom is 0.416 e. The molecule has 0 aromatic heterocycles. The summed E-state index contributed by atoms with van der Waals surface area (Å²) in [4.78, 5) is 24.4. The van der Waals surface area contributed by atoms with Crippen molar-refractivity contribution < 1.29 is 27.5 Å². The van der Waals surface area contributed by atoms with Crippen molar-refractivity contribution in [3.63, 3.8) is 0 Å². The van der Waals surface area contributed by atoms with Crippen LogP contribution in [0.15, 0.2) is 36.4 Å². The number of aryl methyl sites for hydroxylation is 2. The van der Waals surface area contributed by atoms with Gasteiger partial charge in [0.25, 0.3) is 5.91 Å². The zero-order chi connectivity index (χ0) is 20.4. The van der Waals surface area contributed by atoms with E-state index >= 15 is 0 Å². The van der Waals surface area contributed by atoms with E-state index in [1.165, 1.54) is 6.92 Å². The summed E-state index contributed by atoms with van der Waals surface area (Å²) in [5, 5.41) is 2.19. The summed E-state index contributed by atoms with van der Waals surface area (Å²) in [7, 11) is 0. The third-order valence-electron chi connectivity index (χ3n) is 3.66. The van der Waals surface area contributed by atoms with Gasteiger partial charge >= 0.3 is 12.1 Å². The Hall–Kier alpha value is -2.54. The third-order valence-corrected chi connectivity index (χ3v) is 3.99. The number of esters is 1. The van der Waals surface area contributed by atoms with Crippen molar-refractivity contribution in [1.82, 2.24) is 0 Å². The van der Waals surface area contributed by atoms with Gasteiger partial charge in [-0.25, -0.2) is 4.79 Å². The number of rotatable bonds is 4. The summed E-state index contributed by atoms with van der Waals surface area (Å²) in [6.45, 7) is 4.95. The van der Waals surface area contributed by atoms with E-state index in [-0.39, 0.29) is 16.3 Å². The molecule has 4 nitrogen and oxygen atoms in total. The molecule has 0 bridgehead atoms. The monoisotopic (exact) mass is 399 g/mol. The molecule has 0 fully saturated rings. The van der Waals surface area contributed by atoms with Crippen molar-refractivity contribution in [1.29, 1.82) is 0 Å². The zero-order valence-electron chi connectivity index (χ0n) is 14.8. The molecule has 0 unspecified atom stereocenters. The molecule has 0 saturated heterocycles. The molecule has 0 aliphatic rings. The van der Waals surface area contributed by atoms with E-state index in [0.717, 1.165) is 29.3 Å². The van der Waals surface area contributed by atoms with E-state index in [9.17, 15) is 22.8 Å². The van der Waals surface area contributed by atoms with E-state index in [1.807, 2.05) is 19.9 Å². The number of benzene rings is 2. The highest BCUT2D eigenvalue weighted by molar-refractivity contribution is 6.33. The van der Waals surface area contributed by atoms with Gasteiger partial charge in [0.05, 0.1) is 21.8 Å². The zero-order valence-corrected chi connectivity index (χ0v) is 15.5. The highest BCUT2D eigenvalue weighted by Crippen LogP contribution is 2.33. The van der Waals surface area contributed by atoms with Crippen molar-refractivity contribution >= 4 is 29.2 Å². The van der Waals surface area contributed by atoms with Crippen LogP contribution >= 0.6 is 11.6 Å². The van der Waals surface area contributed by atoms with Crippen LogP contribution in [0, 0.1) is 13.8 Å². The number of hydrogen-bond donors (Lipinski definition) is 1. The van der Waals surface area contributed by atoms with Gasteiger partial charge in [-0.15, -0.1) is 0 Å². The molecule has 0 spiro atoms. The van der Waals surface area contributed by atoms with Crippen molar-refractivity contribution in [2.75, 3.05) is 5.32 Å². The van der Waals surface area contributed by atoms with Gasteiger partial charge < -0.3 is 10.1 Å². The molecular formula is C19H17ClF3NO3. The topological polar surface area (TPSA) is 55.4 Å². The van der Waals surface area contributed by atoms with Gasteiger partial charge in [0, 0.05) is 0 Å². The minimum Gasteiger partial charge on any atom is -0.449 e. The maximum atomic E-state index is 12.8. The van der Waals surface area contributed by atoms with Crippen molar-refractivity contribution in [2.24, 2.45) is 0 Å². The second kappa shape index (κ2) is 8.00. The van der Waals surface area contributed by atoms with E-state index in [2.05, 4.69) is 5.32 Å². The Kier molecular flexibility index (Phi) is 6.15. The SMILES string of the molecule is Cc1cc(C)cc(C(=O)O[C@H](C)C(=O)Nc2cc(C(F)(F)F)ccc2Cl)c1. The summed E-state index contributed by atoms with van der Waals surface area (Å²) in [5.74, 6) is -1.51.